The van der Waals surface area contributed by atoms with Gasteiger partial charge in [-0.3, -0.25) is 4.99 Å². The third kappa shape index (κ3) is 6.76. The minimum atomic E-state index is -0.225. The van der Waals surface area contributed by atoms with Gasteiger partial charge < -0.3 is 9.73 Å². The second-order valence-electron chi connectivity index (χ2n) is 17.6. The molecule has 3 heterocycles. The van der Waals surface area contributed by atoms with E-state index in [1.165, 1.54) is 38.4 Å². The highest BCUT2D eigenvalue weighted by molar-refractivity contribution is 6.27. The molecule has 316 valence electrons. The lowest BCUT2D eigenvalue weighted by Gasteiger charge is -2.28. The maximum Gasteiger partial charge on any atom is 0.145 e. The van der Waals surface area contributed by atoms with Gasteiger partial charge in [0, 0.05) is 60.9 Å². The number of pyridine rings is 1. The van der Waals surface area contributed by atoms with Crippen LogP contribution in [0.15, 0.2) is 240 Å². The normalized spacial score (nSPS) is 15.9. The predicted octanol–water partition coefficient (Wildman–Crippen LogP) is 16.3. The van der Waals surface area contributed by atoms with Crippen molar-refractivity contribution in [3.05, 3.63) is 242 Å². The van der Waals surface area contributed by atoms with Crippen molar-refractivity contribution in [3.63, 3.8) is 0 Å². The van der Waals surface area contributed by atoms with Crippen molar-refractivity contribution in [3.8, 4) is 44.6 Å². The maximum atomic E-state index is 6.63. The molecule has 1 aliphatic carbocycles. The van der Waals surface area contributed by atoms with Gasteiger partial charge in [0.05, 0.1) is 11.2 Å². The van der Waals surface area contributed by atoms with Gasteiger partial charge >= 0.3 is 0 Å². The molecule has 2 unspecified atom stereocenters. The molecule has 0 spiro atoms. The highest BCUT2D eigenvalue weighted by atomic mass is 16.3. The average molecular weight is 858 g/mol. The number of aromatic nitrogens is 1. The Kier molecular flexibility index (Phi) is 9.35. The fourth-order valence-corrected chi connectivity index (χ4v) is 10.4. The van der Waals surface area contributed by atoms with Crippen LogP contribution in [-0.2, 0) is 0 Å². The number of fused-ring (bicyclic) bond motifs is 7. The van der Waals surface area contributed by atoms with Crippen LogP contribution in [0, 0.1) is 5.92 Å². The fraction of sp³-hybridized carbons (Fsp3) is 0.0476. The number of allylic oxidation sites excluding steroid dienone is 5. The molecule has 13 rings (SSSR count). The lowest BCUT2D eigenvalue weighted by Crippen LogP contribution is -2.27. The smallest absolute Gasteiger partial charge is 0.145 e. The molecule has 0 saturated heterocycles. The second-order valence-corrected chi connectivity index (χ2v) is 17.6. The number of benzene rings is 9. The zero-order valence-electron chi connectivity index (χ0n) is 36.6. The van der Waals surface area contributed by atoms with Crippen LogP contribution in [0.25, 0.3) is 105 Å². The Morgan fingerprint density at radius 1 is 0.478 bits per heavy atom. The van der Waals surface area contributed by atoms with E-state index >= 15 is 0 Å². The second kappa shape index (κ2) is 16.1. The first-order chi connectivity index (χ1) is 33.2. The minimum Gasteiger partial charge on any atom is -0.456 e. The molecule has 0 amide bonds. The quantitative estimate of drug-likeness (QED) is 0.162. The van der Waals surface area contributed by atoms with E-state index in [4.69, 9.17) is 14.4 Å². The maximum absolute atomic E-state index is 6.63. The van der Waals surface area contributed by atoms with E-state index in [-0.39, 0.29) is 12.1 Å². The third-order valence-corrected chi connectivity index (χ3v) is 13.6. The van der Waals surface area contributed by atoms with Crippen LogP contribution in [0.5, 0.6) is 0 Å². The summed E-state index contributed by atoms with van der Waals surface area (Å²) in [6.45, 7) is 0. The molecule has 1 N–H and O–H groups in total. The van der Waals surface area contributed by atoms with Crippen molar-refractivity contribution in [2.45, 2.75) is 12.6 Å². The van der Waals surface area contributed by atoms with Gasteiger partial charge in [-0.25, -0.2) is 4.98 Å². The summed E-state index contributed by atoms with van der Waals surface area (Å²) in [5, 5.41) is 11.8. The van der Waals surface area contributed by atoms with Gasteiger partial charge in [0.15, 0.2) is 0 Å². The van der Waals surface area contributed by atoms with Crippen LogP contribution in [0.2, 0.25) is 0 Å². The van der Waals surface area contributed by atoms with Crippen molar-refractivity contribution in [1.29, 1.82) is 0 Å². The topological polar surface area (TPSA) is 50.4 Å². The van der Waals surface area contributed by atoms with Gasteiger partial charge in [-0.05, 0) is 74.8 Å². The lowest BCUT2D eigenvalue weighted by atomic mass is 9.89. The molecule has 11 aromatic rings. The molecule has 2 aliphatic rings. The van der Waals surface area contributed by atoms with E-state index in [9.17, 15) is 0 Å². The Morgan fingerprint density at radius 2 is 1.10 bits per heavy atom. The summed E-state index contributed by atoms with van der Waals surface area (Å²) in [7, 11) is 0. The predicted molar refractivity (Wildman–Crippen MR) is 280 cm³/mol. The number of hydrogen-bond donors (Lipinski definition) is 1. The van der Waals surface area contributed by atoms with Crippen LogP contribution >= 0.6 is 0 Å². The molecule has 0 saturated carbocycles. The number of furan rings is 1. The van der Waals surface area contributed by atoms with Crippen LogP contribution in [0.3, 0.4) is 0 Å². The molecule has 9 aromatic carbocycles. The highest BCUT2D eigenvalue weighted by Crippen LogP contribution is 2.46. The van der Waals surface area contributed by atoms with E-state index in [1.807, 2.05) is 6.07 Å². The van der Waals surface area contributed by atoms with Crippen LogP contribution in [0.1, 0.15) is 23.7 Å². The molecule has 0 fully saturated rings. The Bertz CT molecular complexity index is 3840. The van der Waals surface area contributed by atoms with Crippen LogP contribution in [-0.4, -0.2) is 10.7 Å². The summed E-state index contributed by atoms with van der Waals surface area (Å²) in [6, 6.07) is 71.5. The Hall–Kier alpha value is -8.60. The van der Waals surface area contributed by atoms with Gasteiger partial charge in [0.1, 0.15) is 17.3 Å². The van der Waals surface area contributed by atoms with Gasteiger partial charge in [0.25, 0.3) is 0 Å². The Morgan fingerprint density at radius 3 is 1.87 bits per heavy atom. The fourth-order valence-electron chi connectivity index (χ4n) is 10.4. The van der Waals surface area contributed by atoms with Gasteiger partial charge in [-0.15, -0.1) is 0 Å². The van der Waals surface area contributed by atoms with E-state index in [2.05, 4.69) is 230 Å². The third-order valence-electron chi connectivity index (χ3n) is 13.6. The number of para-hydroxylation sites is 2. The first-order valence-electron chi connectivity index (χ1n) is 23.1. The molecule has 4 nitrogen and oxygen atoms in total. The molecule has 0 bridgehead atoms. The summed E-state index contributed by atoms with van der Waals surface area (Å²) >= 11 is 0. The Balaban J connectivity index is 0.908. The zero-order chi connectivity index (χ0) is 44.3. The summed E-state index contributed by atoms with van der Waals surface area (Å²) in [5.41, 5.74) is 16.2. The van der Waals surface area contributed by atoms with E-state index in [0.29, 0.717) is 0 Å². The van der Waals surface area contributed by atoms with Crippen molar-refractivity contribution >= 4 is 65.8 Å². The van der Waals surface area contributed by atoms with Gasteiger partial charge in [-0.1, -0.05) is 206 Å². The van der Waals surface area contributed by atoms with E-state index in [1.54, 1.807) is 0 Å². The van der Waals surface area contributed by atoms with Crippen molar-refractivity contribution in [2.24, 2.45) is 10.9 Å². The van der Waals surface area contributed by atoms with Crippen LogP contribution in [0.4, 0.5) is 0 Å². The number of nitrogens with one attached hydrogen (secondary N) is 1. The molecule has 2 aromatic heterocycles. The lowest BCUT2D eigenvalue weighted by molar-refractivity contribution is 0.653. The highest BCUT2D eigenvalue weighted by Gasteiger charge is 2.25. The summed E-state index contributed by atoms with van der Waals surface area (Å²) < 4.78 is 6.63. The van der Waals surface area contributed by atoms with Crippen LogP contribution < -0.4 is 5.32 Å². The molecular formula is C63H43N3O. The van der Waals surface area contributed by atoms with Crippen molar-refractivity contribution in [1.82, 2.24) is 10.3 Å². The van der Waals surface area contributed by atoms with Gasteiger partial charge in [-0.2, -0.15) is 0 Å². The molecular weight excluding hydrogens is 815 g/mol. The standard InChI is InChI=1S/C63H43N3O/c1-4-16-40(17-5-1)41-28-34-46(35-29-41)63-65-55(43-18-6-2-7-19-43)39-56(66-63)50-37-36-47(48-22-10-11-23-49(48)50)42-30-32-45(33-31-42)62-53-38-58-61(52-25-13-15-27-57(52)67-58)59(44-20-8-3-9-21-44)60(53)51-24-12-14-26-54(51)64-62/h1-18,20-39,43,63,66H,19H2. The van der Waals surface area contributed by atoms with Crippen molar-refractivity contribution in [2.75, 3.05) is 0 Å². The SMILES string of the molecule is C1=CCC(C2=NC(c3ccc(-c4ccccc4)cc3)NC(c3ccc(-c4ccc(-c5nc6ccccc6c6c(-c7ccccc7)c7c(cc56)oc5ccccc57)cc4)c4ccccc34)=C2)C=C1. The van der Waals surface area contributed by atoms with Crippen molar-refractivity contribution < 1.29 is 4.42 Å². The van der Waals surface area contributed by atoms with E-state index in [0.717, 1.165) is 89.6 Å². The number of rotatable bonds is 7. The molecule has 67 heavy (non-hydrogen) atoms. The number of hydrogen-bond acceptors (Lipinski definition) is 4. The molecule has 0 radical (unpaired) electrons. The first kappa shape index (κ1) is 38.8. The molecule has 4 heteroatoms. The summed E-state index contributed by atoms with van der Waals surface area (Å²) in [6.07, 6.45) is 11.8. The molecule has 1 aliphatic heterocycles. The summed E-state index contributed by atoms with van der Waals surface area (Å²) in [5.74, 6) is 0.209. The minimum absolute atomic E-state index is 0.209. The van der Waals surface area contributed by atoms with E-state index < -0.39 is 0 Å². The number of aliphatic imine (C=N–C) groups is 1. The average Bonchev–Trinajstić information content (AvgIpc) is 3.78. The first-order valence-corrected chi connectivity index (χ1v) is 23.1. The monoisotopic (exact) mass is 857 g/mol. The molecule has 2 atom stereocenters. The van der Waals surface area contributed by atoms with Gasteiger partial charge in [0.2, 0.25) is 0 Å². The zero-order valence-corrected chi connectivity index (χ0v) is 36.6. The largest absolute Gasteiger partial charge is 0.456 e. The summed E-state index contributed by atoms with van der Waals surface area (Å²) in [4.78, 5) is 10.7. The number of nitrogens with zero attached hydrogens (tertiary/aromatic N) is 2. The Labute approximate surface area is 388 Å².